The fourth-order valence-corrected chi connectivity index (χ4v) is 4.90. The third-order valence-corrected chi connectivity index (χ3v) is 6.56. The Hall–Kier alpha value is -2.07. The number of piperidine rings is 1. The van der Waals surface area contributed by atoms with Crippen molar-refractivity contribution in [1.29, 1.82) is 5.26 Å². The molecule has 1 amide bonds. The van der Waals surface area contributed by atoms with Gasteiger partial charge in [0.25, 0.3) is 5.91 Å². The average molecular weight is 347 g/mol. The SMILES string of the molecule is N#CC1CCN(C(=O)c2cccc(N3CCCCS3(=O)=O)c2)CC1. The number of sulfonamides is 1. The first kappa shape index (κ1) is 16.8. The third-order valence-electron chi connectivity index (χ3n) is 4.70. The van der Waals surface area contributed by atoms with E-state index < -0.39 is 10.0 Å². The first-order valence-corrected chi connectivity index (χ1v) is 9.91. The summed E-state index contributed by atoms with van der Waals surface area (Å²) >= 11 is 0. The predicted octanol–water partition coefficient (Wildman–Crippen LogP) is 1.99. The topological polar surface area (TPSA) is 81.5 Å². The Morgan fingerprint density at radius 3 is 2.58 bits per heavy atom. The molecular formula is C17H21N3O3S. The molecule has 0 aliphatic carbocycles. The number of nitrogens with zero attached hydrogens (tertiary/aromatic N) is 3. The van der Waals surface area contributed by atoms with Gasteiger partial charge in [-0.25, -0.2) is 8.42 Å². The Kier molecular flexibility index (Phi) is 4.76. The normalized spacial score (nSPS) is 21.3. The van der Waals surface area contributed by atoms with Crippen LogP contribution in [0.1, 0.15) is 36.0 Å². The summed E-state index contributed by atoms with van der Waals surface area (Å²) in [6.45, 7) is 1.61. The van der Waals surface area contributed by atoms with E-state index in [2.05, 4.69) is 6.07 Å². The smallest absolute Gasteiger partial charge is 0.253 e. The molecule has 2 aliphatic rings. The van der Waals surface area contributed by atoms with E-state index in [4.69, 9.17) is 5.26 Å². The van der Waals surface area contributed by atoms with Crippen LogP contribution in [0.25, 0.3) is 0 Å². The van der Waals surface area contributed by atoms with Crippen molar-refractivity contribution in [3.8, 4) is 6.07 Å². The average Bonchev–Trinajstić information content (AvgIpc) is 2.61. The predicted molar refractivity (Wildman–Crippen MR) is 91.0 cm³/mol. The van der Waals surface area contributed by atoms with Gasteiger partial charge in [-0.15, -0.1) is 0 Å². The van der Waals surface area contributed by atoms with Crippen LogP contribution in [0.5, 0.6) is 0 Å². The lowest BCUT2D eigenvalue weighted by Crippen LogP contribution is -2.39. The van der Waals surface area contributed by atoms with E-state index in [1.165, 1.54) is 4.31 Å². The minimum atomic E-state index is -3.28. The monoisotopic (exact) mass is 347 g/mol. The molecule has 128 valence electrons. The van der Waals surface area contributed by atoms with Crippen LogP contribution in [-0.2, 0) is 10.0 Å². The van der Waals surface area contributed by atoms with Crippen LogP contribution in [-0.4, -0.2) is 44.6 Å². The minimum Gasteiger partial charge on any atom is -0.339 e. The highest BCUT2D eigenvalue weighted by molar-refractivity contribution is 7.92. The van der Waals surface area contributed by atoms with Gasteiger partial charge in [0.2, 0.25) is 10.0 Å². The molecule has 1 aromatic carbocycles. The van der Waals surface area contributed by atoms with Crippen molar-refractivity contribution in [2.75, 3.05) is 29.7 Å². The summed E-state index contributed by atoms with van der Waals surface area (Å²) in [6.07, 6.45) is 2.91. The molecule has 2 heterocycles. The second-order valence-electron chi connectivity index (χ2n) is 6.34. The molecule has 0 aromatic heterocycles. The lowest BCUT2D eigenvalue weighted by molar-refractivity contribution is 0.0707. The first-order valence-electron chi connectivity index (χ1n) is 8.30. The van der Waals surface area contributed by atoms with E-state index in [-0.39, 0.29) is 17.6 Å². The maximum Gasteiger partial charge on any atom is 0.253 e. The number of rotatable bonds is 2. The zero-order valence-corrected chi connectivity index (χ0v) is 14.3. The zero-order valence-electron chi connectivity index (χ0n) is 13.5. The van der Waals surface area contributed by atoms with Gasteiger partial charge in [-0.1, -0.05) is 6.07 Å². The molecule has 0 spiro atoms. The molecule has 2 saturated heterocycles. The van der Waals surface area contributed by atoms with Gasteiger partial charge in [0, 0.05) is 31.1 Å². The van der Waals surface area contributed by atoms with Crippen molar-refractivity contribution in [2.45, 2.75) is 25.7 Å². The highest BCUT2D eigenvalue weighted by Crippen LogP contribution is 2.25. The van der Waals surface area contributed by atoms with Crippen molar-refractivity contribution >= 4 is 21.6 Å². The summed E-state index contributed by atoms with van der Waals surface area (Å²) in [5.74, 6) is 0.0915. The van der Waals surface area contributed by atoms with Gasteiger partial charge in [0.05, 0.1) is 17.5 Å². The lowest BCUT2D eigenvalue weighted by Gasteiger charge is -2.30. The molecule has 1 aromatic rings. The number of benzene rings is 1. The molecule has 0 unspecified atom stereocenters. The number of hydrogen-bond donors (Lipinski definition) is 0. The number of likely N-dealkylation sites (tertiary alicyclic amines) is 1. The van der Waals surface area contributed by atoms with Gasteiger partial charge < -0.3 is 4.90 Å². The summed E-state index contributed by atoms with van der Waals surface area (Å²) in [4.78, 5) is 14.4. The number of nitriles is 1. The Labute approximate surface area is 142 Å². The summed E-state index contributed by atoms with van der Waals surface area (Å²) < 4.78 is 25.9. The van der Waals surface area contributed by atoms with Crippen LogP contribution in [0, 0.1) is 17.2 Å². The summed E-state index contributed by atoms with van der Waals surface area (Å²) in [5.41, 5.74) is 1.07. The minimum absolute atomic E-state index is 0.0267. The molecule has 2 aliphatic heterocycles. The Bertz CT molecular complexity index is 762. The lowest BCUT2D eigenvalue weighted by atomic mass is 9.98. The maximum atomic E-state index is 12.7. The number of anilines is 1. The van der Waals surface area contributed by atoms with Gasteiger partial charge in [-0.05, 0) is 43.9 Å². The number of hydrogen-bond acceptors (Lipinski definition) is 4. The molecule has 0 atom stereocenters. The van der Waals surface area contributed by atoms with Crippen molar-refractivity contribution < 1.29 is 13.2 Å². The van der Waals surface area contributed by atoms with E-state index in [0.717, 1.165) is 6.42 Å². The molecule has 3 rings (SSSR count). The van der Waals surface area contributed by atoms with Gasteiger partial charge in [0.1, 0.15) is 0 Å². The van der Waals surface area contributed by atoms with Gasteiger partial charge in [-0.3, -0.25) is 9.10 Å². The van der Waals surface area contributed by atoms with Gasteiger partial charge in [-0.2, -0.15) is 5.26 Å². The largest absolute Gasteiger partial charge is 0.339 e. The van der Waals surface area contributed by atoms with E-state index in [9.17, 15) is 13.2 Å². The van der Waals surface area contributed by atoms with Crippen LogP contribution in [0.4, 0.5) is 5.69 Å². The van der Waals surface area contributed by atoms with Crippen molar-refractivity contribution in [1.82, 2.24) is 4.90 Å². The highest BCUT2D eigenvalue weighted by atomic mass is 32.2. The quantitative estimate of drug-likeness (QED) is 0.819. The summed E-state index contributed by atoms with van der Waals surface area (Å²) in [5, 5.41) is 8.95. The zero-order chi connectivity index (χ0) is 17.2. The molecule has 6 nitrogen and oxygen atoms in total. The molecule has 0 radical (unpaired) electrons. The molecule has 7 heteroatoms. The van der Waals surface area contributed by atoms with Crippen LogP contribution in [0.2, 0.25) is 0 Å². The molecule has 24 heavy (non-hydrogen) atoms. The summed E-state index contributed by atoms with van der Waals surface area (Å²) in [7, 11) is -3.28. The number of amides is 1. The van der Waals surface area contributed by atoms with Crippen LogP contribution >= 0.6 is 0 Å². The summed E-state index contributed by atoms with van der Waals surface area (Å²) in [6, 6.07) is 9.11. The molecule has 2 fully saturated rings. The first-order chi connectivity index (χ1) is 11.5. The standard InChI is InChI=1S/C17H21N3O3S/c18-13-14-6-9-19(10-7-14)17(21)15-4-3-5-16(12-15)20-8-1-2-11-24(20,22)23/h3-5,12,14H,1-2,6-11H2. The Morgan fingerprint density at radius 1 is 1.17 bits per heavy atom. The van der Waals surface area contributed by atoms with Gasteiger partial charge in [0.15, 0.2) is 0 Å². The van der Waals surface area contributed by atoms with E-state index in [0.29, 0.717) is 50.1 Å². The molecule has 0 bridgehead atoms. The van der Waals surface area contributed by atoms with Crippen LogP contribution in [0.3, 0.4) is 0 Å². The van der Waals surface area contributed by atoms with Crippen molar-refractivity contribution in [2.24, 2.45) is 5.92 Å². The Balaban J connectivity index is 1.78. The van der Waals surface area contributed by atoms with Gasteiger partial charge >= 0.3 is 0 Å². The Morgan fingerprint density at radius 2 is 1.92 bits per heavy atom. The van der Waals surface area contributed by atoms with Crippen LogP contribution in [0.15, 0.2) is 24.3 Å². The molecular weight excluding hydrogens is 326 g/mol. The fourth-order valence-electron chi connectivity index (χ4n) is 3.27. The number of carbonyl (C=O) groups is 1. The van der Waals surface area contributed by atoms with E-state index >= 15 is 0 Å². The maximum absolute atomic E-state index is 12.7. The number of carbonyl (C=O) groups excluding carboxylic acids is 1. The van der Waals surface area contributed by atoms with Crippen molar-refractivity contribution in [3.63, 3.8) is 0 Å². The molecule has 0 N–H and O–H groups in total. The van der Waals surface area contributed by atoms with E-state index in [1.807, 2.05) is 0 Å². The third kappa shape index (κ3) is 3.39. The fraction of sp³-hybridized carbons (Fsp3) is 0.529. The molecule has 0 saturated carbocycles. The van der Waals surface area contributed by atoms with Crippen molar-refractivity contribution in [3.05, 3.63) is 29.8 Å². The highest BCUT2D eigenvalue weighted by Gasteiger charge is 2.28. The second kappa shape index (κ2) is 6.81. The second-order valence-corrected chi connectivity index (χ2v) is 8.35. The van der Waals surface area contributed by atoms with Crippen LogP contribution < -0.4 is 4.31 Å². The van der Waals surface area contributed by atoms with E-state index in [1.54, 1.807) is 29.2 Å².